The second-order valence-corrected chi connectivity index (χ2v) is 5.74. The fourth-order valence-electron chi connectivity index (χ4n) is 2.32. The van der Waals surface area contributed by atoms with Gasteiger partial charge in [0.15, 0.2) is 0 Å². The van der Waals surface area contributed by atoms with Crippen LogP contribution in [0.25, 0.3) is 0 Å². The molecule has 1 fully saturated rings. The molecule has 1 amide bonds. The molecule has 0 aromatic heterocycles. The topological polar surface area (TPSA) is 38.3 Å². The summed E-state index contributed by atoms with van der Waals surface area (Å²) < 4.78 is 18.4. The normalized spacial score (nSPS) is 19.5. The summed E-state index contributed by atoms with van der Waals surface area (Å²) in [6.07, 6.45) is 0.996. The molecule has 22 heavy (non-hydrogen) atoms. The van der Waals surface area contributed by atoms with Gasteiger partial charge in [-0.2, -0.15) is 0 Å². The zero-order valence-corrected chi connectivity index (χ0v) is 12.4. The van der Waals surface area contributed by atoms with E-state index in [0.29, 0.717) is 24.0 Å². The van der Waals surface area contributed by atoms with E-state index in [1.54, 1.807) is 12.1 Å². The lowest BCUT2D eigenvalue weighted by molar-refractivity contribution is -0.122. The van der Waals surface area contributed by atoms with E-state index in [2.05, 4.69) is 12.2 Å². The van der Waals surface area contributed by atoms with Gasteiger partial charge in [0.25, 0.3) is 0 Å². The zero-order valence-electron chi connectivity index (χ0n) is 12.4. The maximum absolute atomic E-state index is 12.8. The monoisotopic (exact) mass is 299 g/mol. The van der Waals surface area contributed by atoms with Crippen LogP contribution < -0.4 is 10.1 Å². The molecule has 3 rings (SSSR count). The Hall–Kier alpha value is -2.36. The second-order valence-electron chi connectivity index (χ2n) is 5.74. The number of amides is 1. The lowest BCUT2D eigenvalue weighted by Crippen LogP contribution is -2.24. The van der Waals surface area contributed by atoms with Crippen molar-refractivity contribution in [2.24, 2.45) is 11.8 Å². The highest BCUT2D eigenvalue weighted by Crippen LogP contribution is 2.37. The minimum atomic E-state index is -0.288. The Morgan fingerprint density at radius 1 is 1.14 bits per heavy atom. The van der Waals surface area contributed by atoms with E-state index >= 15 is 0 Å². The van der Waals surface area contributed by atoms with Crippen molar-refractivity contribution >= 4 is 5.91 Å². The molecule has 0 bridgehead atoms. The molecule has 0 unspecified atom stereocenters. The van der Waals surface area contributed by atoms with E-state index in [0.717, 1.165) is 12.0 Å². The molecular formula is C18H18FNO2. The Balaban J connectivity index is 1.53. The van der Waals surface area contributed by atoms with Gasteiger partial charge in [0.2, 0.25) is 5.91 Å². The zero-order chi connectivity index (χ0) is 15.5. The van der Waals surface area contributed by atoms with Crippen LogP contribution in [0.3, 0.4) is 0 Å². The predicted octanol–water partition coefficient (Wildman–Crippen LogP) is 3.89. The van der Waals surface area contributed by atoms with Crippen LogP contribution in [0, 0.1) is 17.7 Å². The van der Waals surface area contributed by atoms with Crippen LogP contribution in [0.15, 0.2) is 48.5 Å². The second kappa shape index (κ2) is 6.18. The Bertz CT molecular complexity index is 652. The van der Waals surface area contributed by atoms with Gasteiger partial charge in [-0.05, 0) is 54.3 Å². The number of hydrogen-bond donors (Lipinski definition) is 1. The summed E-state index contributed by atoms with van der Waals surface area (Å²) in [5, 5.41) is 2.95. The summed E-state index contributed by atoms with van der Waals surface area (Å²) >= 11 is 0. The van der Waals surface area contributed by atoms with Gasteiger partial charge < -0.3 is 10.1 Å². The van der Waals surface area contributed by atoms with Gasteiger partial charge in [0.1, 0.15) is 17.3 Å². The molecule has 0 saturated heterocycles. The highest BCUT2D eigenvalue weighted by molar-refractivity contribution is 5.81. The molecule has 0 spiro atoms. The molecule has 2 aromatic rings. The van der Waals surface area contributed by atoms with E-state index in [4.69, 9.17) is 4.74 Å². The first-order valence-corrected chi connectivity index (χ1v) is 7.42. The van der Waals surface area contributed by atoms with Gasteiger partial charge in [-0.25, -0.2) is 4.39 Å². The van der Waals surface area contributed by atoms with Crippen LogP contribution in [0.1, 0.15) is 18.9 Å². The van der Waals surface area contributed by atoms with Gasteiger partial charge in [0.05, 0.1) is 0 Å². The van der Waals surface area contributed by atoms with Crippen molar-refractivity contribution in [1.29, 1.82) is 0 Å². The summed E-state index contributed by atoms with van der Waals surface area (Å²) in [6.45, 7) is 2.62. The Morgan fingerprint density at radius 3 is 2.23 bits per heavy atom. The summed E-state index contributed by atoms with van der Waals surface area (Å²) in [4.78, 5) is 11.8. The third-order valence-electron chi connectivity index (χ3n) is 3.89. The number of carbonyl (C=O) groups is 1. The molecule has 3 nitrogen and oxygen atoms in total. The van der Waals surface area contributed by atoms with Crippen LogP contribution in [-0.4, -0.2) is 5.91 Å². The fourth-order valence-corrected chi connectivity index (χ4v) is 2.32. The standard InChI is InChI=1S/C18H18FNO2/c1-12-10-17(12)18(21)20-11-13-2-6-15(7-3-13)22-16-8-4-14(19)5-9-16/h2-9,12,17H,10-11H2,1H3,(H,20,21)/t12-,17-/m0/s1. The van der Waals surface area contributed by atoms with Crippen LogP contribution >= 0.6 is 0 Å². The van der Waals surface area contributed by atoms with Gasteiger partial charge in [-0.15, -0.1) is 0 Å². The molecule has 1 N–H and O–H groups in total. The van der Waals surface area contributed by atoms with Crippen molar-refractivity contribution in [3.63, 3.8) is 0 Å². The number of nitrogens with one attached hydrogen (secondary N) is 1. The molecule has 1 aliphatic carbocycles. The number of hydrogen-bond acceptors (Lipinski definition) is 2. The highest BCUT2D eigenvalue weighted by Gasteiger charge is 2.38. The van der Waals surface area contributed by atoms with Crippen LogP contribution in [0.5, 0.6) is 11.5 Å². The lowest BCUT2D eigenvalue weighted by Gasteiger charge is -2.08. The number of halogens is 1. The Labute approximate surface area is 129 Å². The molecule has 1 aliphatic rings. The molecular weight excluding hydrogens is 281 g/mol. The van der Waals surface area contributed by atoms with E-state index in [1.165, 1.54) is 12.1 Å². The van der Waals surface area contributed by atoms with Crippen molar-refractivity contribution in [3.8, 4) is 11.5 Å². The Morgan fingerprint density at radius 2 is 1.68 bits per heavy atom. The lowest BCUT2D eigenvalue weighted by atomic mass is 10.2. The molecule has 2 atom stereocenters. The minimum Gasteiger partial charge on any atom is -0.457 e. The van der Waals surface area contributed by atoms with E-state index in [-0.39, 0.29) is 17.6 Å². The molecule has 0 aliphatic heterocycles. The quantitative estimate of drug-likeness (QED) is 0.909. The van der Waals surface area contributed by atoms with E-state index in [9.17, 15) is 9.18 Å². The Kier molecular flexibility index (Phi) is 4.09. The number of ether oxygens (including phenoxy) is 1. The van der Waals surface area contributed by atoms with Crippen molar-refractivity contribution < 1.29 is 13.9 Å². The summed E-state index contributed by atoms with van der Waals surface area (Å²) in [5.74, 6) is 1.83. The molecule has 0 radical (unpaired) electrons. The van der Waals surface area contributed by atoms with Crippen molar-refractivity contribution in [1.82, 2.24) is 5.32 Å². The number of benzene rings is 2. The largest absolute Gasteiger partial charge is 0.457 e. The van der Waals surface area contributed by atoms with Crippen LogP contribution in [0.2, 0.25) is 0 Å². The SMILES string of the molecule is C[C@H]1C[C@@H]1C(=O)NCc1ccc(Oc2ccc(F)cc2)cc1. The van der Waals surface area contributed by atoms with Crippen molar-refractivity contribution in [2.45, 2.75) is 19.9 Å². The predicted molar refractivity (Wildman–Crippen MR) is 82.0 cm³/mol. The van der Waals surface area contributed by atoms with Crippen molar-refractivity contribution in [2.75, 3.05) is 0 Å². The fraction of sp³-hybridized carbons (Fsp3) is 0.278. The number of rotatable bonds is 5. The smallest absolute Gasteiger partial charge is 0.223 e. The maximum atomic E-state index is 12.8. The highest BCUT2D eigenvalue weighted by atomic mass is 19.1. The van der Waals surface area contributed by atoms with E-state index in [1.807, 2.05) is 24.3 Å². The maximum Gasteiger partial charge on any atom is 0.223 e. The van der Waals surface area contributed by atoms with Crippen molar-refractivity contribution in [3.05, 3.63) is 59.9 Å². The summed E-state index contributed by atoms with van der Waals surface area (Å²) in [6, 6.07) is 13.4. The van der Waals surface area contributed by atoms with Gasteiger partial charge >= 0.3 is 0 Å². The molecule has 2 aromatic carbocycles. The molecule has 114 valence electrons. The van der Waals surface area contributed by atoms with Gasteiger partial charge in [-0.1, -0.05) is 19.1 Å². The summed E-state index contributed by atoms with van der Waals surface area (Å²) in [7, 11) is 0. The molecule has 1 saturated carbocycles. The third kappa shape index (κ3) is 3.64. The van der Waals surface area contributed by atoms with E-state index < -0.39 is 0 Å². The first-order chi connectivity index (χ1) is 10.6. The number of carbonyl (C=O) groups excluding carboxylic acids is 1. The average Bonchev–Trinajstić information content (AvgIpc) is 3.26. The van der Waals surface area contributed by atoms with Gasteiger partial charge in [0, 0.05) is 12.5 Å². The summed E-state index contributed by atoms with van der Waals surface area (Å²) in [5.41, 5.74) is 1.02. The molecule has 4 heteroatoms. The molecule has 0 heterocycles. The van der Waals surface area contributed by atoms with Gasteiger partial charge in [-0.3, -0.25) is 4.79 Å². The minimum absolute atomic E-state index is 0.138. The third-order valence-corrected chi connectivity index (χ3v) is 3.89. The van der Waals surface area contributed by atoms with Crippen LogP contribution in [0.4, 0.5) is 4.39 Å². The van der Waals surface area contributed by atoms with Crippen LogP contribution in [-0.2, 0) is 11.3 Å². The first-order valence-electron chi connectivity index (χ1n) is 7.42. The average molecular weight is 299 g/mol. The first kappa shape index (κ1) is 14.6.